The van der Waals surface area contributed by atoms with E-state index in [4.69, 9.17) is 5.73 Å². The van der Waals surface area contributed by atoms with Crippen LogP contribution < -0.4 is 5.73 Å². The Bertz CT molecular complexity index is 421. The first-order chi connectivity index (χ1) is 8.99. The average molecular weight is 303 g/mol. The molecule has 106 valence electrons. The van der Waals surface area contributed by atoms with E-state index in [0.29, 0.717) is 10.5 Å². The van der Waals surface area contributed by atoms with Crippen LogP contribution in [0.2, 0.25) is 0 Å². The zero-order valence-corrected chi connectivity index (χ0v) is 12.7. The highest BCUT2D eigenvalue weighted by molar-refractivity contribution is 8.07. The third kappa shape index (κ3) is 3.64. The van der Waals surface area contributed by atoms with Gasteiger partial charge in [-0.15, -0.1) is 0 Å². The fourth-order valence-electron chi connectivity index (χ4n) is 2.13. The molecule has 2 N–H and O–H groups in total. The fourth-order valence-corrected chi connectivity index (χ4v) is 5.19. The predicted octanol–water partition coefficient (Wildman–Crippen LogP) is 3.46. The van der Waals surface area contributed by atoms with E-state index in [1.807, 2.05) is 23.5 Å². The topological polar surface area (TPSA) is 26.0 Å². The highest BCUT2D eigenvalue weighted by Gasteiger charge is 2.30. The first-order valence-electron chi connectivity index (χ1n) is 6.44. The van der Waals surface area contributed by atoms with Crippen molar-refractivity contribution in [2.24, 2.45) is 5.73 Å². The molecule has 1 heterocycles. The van der Waals surface area contributed by atoms with Crippen LogP contribution in [0.3, 0.4) is 0 Å². The summed E-state index contributed by atoms with van der Waals surface area (Å²) in [6, 6.07) is 3.75. The summed E-state index contributed by atoms with van der Waals surface area (Å²) in [5.41, 5.74) is 6.28. The molecule has 0 spiro atoms. The van der Waals surface area contributed by atoms with Gasteiger partial charge in [0.25, 0.3) is 0 Å². The number of thioether (sulfide) groups is 2. The van der Waals surface area contributed by atoms with Crippen LogP contribution >= 0.6 is 23.5 Å². The van der Waals surface area contributed by atoms with Gasteiger partial charge in [0, 0.05) is 33.1 Å². The SMILES string of the molecule is CC1SCC(C(N)Cc2c(F)cccc2F)SC1C. The van der Waals surface area contributed by atoms with E-state index >= 15 is 0 Å². The molecule has 0 aliphatic carbocycles. The molecule has 5 heteroatoms. The molecular formula is C14H19F2NS2. The number of hydrogen-bond acceptors (Lipinski definition) is 3. The van der Waals surface area contributed by atoms with E-state index in [1.54, 1.807) is 0 Å². The summed E-state index contributed by atoms with van der Waals surface area (Å²) in [7, 11) is 0. The third-order valence-corrected chi connectivity index (χ3v) is 7.13. The number of rotatable bonds is 3. The number of hydrogen-bond donors (Lipinski definition) is 1. The molecule has 0 radical (unpaired) electrons. The molecule has 0 saturated carbocycles. The Labute approximate surface area is 121 Å². The van der Waals surface area contributed by atoms with Gasteiger partial charge in [-0.25, -0.2) is 8.78 Å². The lowest BCUT2D eigenvalue weighted by Gasteiger charge is -2.34. The maximum atomic E-state index is 13.6. The monoisotopic (exact) mass is 303 g/mol. The van der Waals surface area contributed by atoms with E-state index in [2.05, 4.69) is 13.8 Å². The summed E-state index contributed by atoms with van der Waals surface area (Å²) in [6.45, 7) is 4.39. The van der Waals surface area contributed by atoms with Crippen molar-refractivity contribution < 1.29 is 8.78 Å². The van der Waals surface area contributed by atoms with Gasteiger partial charge in [0.1, 0.15) is 11.6 Å². The van der Waals surface area contributed by atoms with Gasteiger partial charge in [0.05, 0.1) is 0 Å². The van der Waals surface area contributed by atoms with Crippen molar-refractivity contribution in [3.63, 3.8) is 0 Å². The number of benzene rings is 1. The molecule has 0 aromatic heterocycles. The fraction of sp³-hybridized carbons (Fsp3) is 0.571. The molecule has 2 rings (SSSR count). The Morgan fingerprint density at radius 1 is 1.26 bits per heavy atom. The summed E-state index contributed by atoms with van der Waals surface area (Å²) in [5, 5.41) is 1.40. The standard InChI is InChI=1S/C14H19F2NS2/c1-8-9(2)19-14(7-18-8)13(17)6-10-11(15)4-3-5-12(10)16/h3-5,8-9,13-14H,6-7,17H2,1-2H3. The first kappa shape index (κ1) is 15.1. The van der Waals surface area contributed by atoms with Gasteiger partial charge in [-0.1, -0.05) is 19.9 Å². The van der Waals surface area contributed by atoms with Crippen LogP contribution in [-0.2, 0) is 6.42 Å². The molecule has 1 aliphatic rings. The second-order valence-corrected chi connectivity index (χ2v) is 8.02. The second-order valence-electron chi connectivity index (χ2n) is 4.99. The zero-order valence-electron chi connectivity index (χ0n) is 11.1. The number of nitrogens with two attached hydrogens (primary N) is 1. The first-order valence-corrected chi connectivity index (χ1v) is 8.43. The van der Waals surface area contributed by atoms with Crippen LogP contribution in [0, 0.1) is 11.6 Å². The summed E-state index contributed by atoms with van der Waals surface area (Å²) in [4.78, 5) is 0. The van der Waals surface area contributed by atoms with E-state index in [0.717, 1.165) is 5.75 Å². The van der Waals surface area contributed by atoms with Crippen molar-refractivity contribution in [2.45, 2.75) is 42.1 Å². The summed E-state index contributed by atoms with van der Waals surface area (Å²) in [5.74, 6) is -0.0383. The van der Waals surface area contributed by atoms with Crippen molar-refractivity contribution in [3.05, 3.63) is 35.4 Å². The van der Waals surface area contributed by atoms with Crippen molar-refractivity contribution in [1.29, 1.82) is 0 Å². The molecule has 0 bridgehead atoms. The van der Waals surface area contributed by atoms with Crippen LogP contribution in [-0.4, -0.2) is 27.5 Å². The lowest BCUT2D eigenvalue weighted by atomic mass is 10.0. The minimum Gasteiger partial charge on any atom is -0.326 e. The molecule has 19 heavy (non-hydrogen) atoms. The normalized spacial score (nSPS) is 29.2. The maximum Gasteiger partial charge on any atom is 0.129 e. The van der Waals surface area contributed by atoms with Gasteiger partial charge in [-0.05, 0) is 18.6 Å². The van der Waals surface area contributed by atoms with Crippen molar-refractivity contribution in [2.75, 3.05) is 5.75 Å². The summed E-state index contributed by atoms with van der Waals surface area (Å²) >= 11 is 3.74. The minimum absolute atomic E-state index is 0.117. The van der Waals surface area contributed by atoms with Crippen LogP contribution in [0.25, 0.3) is 0 Å². The minimum atomic E-state index is -0.495. The molecule has 0 amide bonds. The van der Waals surface area contributed by atoms with Gasteiger partial charge >= 0.3 is 0 Å². The Morgan fingerprint density at radius 3 is 2.47 bits per heavy atom. The predicted molar refractivity (Wildman–Crippen MR) is 80.8 cm³/mol. The van der Waals surface area contributed by atoms with Gasteiger partial charge in [-0.3, -0.25) is 0 Å². The molecular weight excluding hydrogens is 284 g/mol. The van der Waals surface area contributed by atoms with E-state index in [-0.39, 0.29) is 23.3 Å². The van der Waals surface area contributed by atoms with Crippen LogP contribution in [0.5, 0.6) is 0 Å². The Kier molecular flexibility index (Phi) is 5.15. The van der Waals surface area contributed by atoms with Gasteiger partial charge in [-0.2, -0.15) is 23.5 Å². The van der Waals surface area contributed by atoms with Crippen molar-refractivity contribution in [1.82, 2.24) is 0 Å². The van der Waals surface area contributed by atoms with Crippen molar-refractivity contribution >= 4 is 23.5 Å². The molecule has 1 nitrogen and oxygen atoms in total. The van der Waals surface area contributed by atoms with E-state index in [1.165, 1.54) is 18.2 Å². The average Bonchev–Trinajstić information content (AvgIpc) is 2.37. The highest BCUT2D eigenvalue weighted by Crippen LogP contribution is 2.37. The van der Waals surface area contributed by atoms with E-state index < -0.39 is 11.6 Å². The molecule has 1 fully saturated rings. The maximum absolute atomic E-state index is 13.6. The highest BCUT2D eigenvalue weighted by atomic mass is 32.2. The second kappa shape index (κ2) is 6.46. The Morgan fingerprint density at radius 2 is 1.89 bits per heavy atom. The smallest absolute Gasteiger partial charge is 0.129 e. The molecule has 1 aromatic rings. The van der Waals surface area contributed by atoms with Gasteiger partial charge < -0.3 is 5.73 Å². The molecule has 1 aliphatic heterocycles. The summed E-state index contributed by atoms with van der Waals surface area (Å²) < 4.78 is 27.2. The van der Waals surface area contributed by atoms with Gasteiger partial charge in [0.2, 0.25) is 0 Å². The van der Waals surface area contributed by atoms with E-state index in [9.17, 15) is 8.78 Å². The molecule has 4 unspecified atom stereocenters. The summed E-state index contributed by atoms with van der Waals surface area (Å²) in [6.07, 6.45) is 0.262. The zero-order chi connectivity index (χ0) is 14.0. The van der Waals surface area contributed by atoms with Gasteiger partial charge in [0.15, 0.2) is 0 Å². The lowest BCUT2D eigenvalue weighted by Crippen LogP contribution is -2.41. The molecule has 4 atom stereocenters. The van der Waals surface area contributed by atoms with Crippen LogP contribution in [0.1, 0.15) is 19.4 Å². The largest absolute Gasteiger partial charge is 0.326 e. The van der Waals surface area contributed by atoms with Crippen LogP contribution in [0.4, 0.5) is 8.78 Å². The Hall–Kier alpha value is -0.260. The van der Waals surface area contributed by atoms with Crippen molar-refractivity contribution in [3.8, 4) is 0 Å². The number of halogens is 2. The molecule has 1 aromatic carbocycles. The van der Waals surface area contributed by atoms with Crippen LogP contribution in [0.15, 0.2) is 18.2 Å². The molecule has 1 saturated heterocycles. The Balaban J connectivity index is 2.03. The lowest BCUT2D eigenvalue weighted by molar-refractivity contribution is 0.533. The third-order valence-electron chi connectivity index (χ3n) is 3.55. The quantitative estimate of drug-likeness (QED) is 0.926.